The summed E-state index contributed by atoms with van der Waals surface area (Å²) in [6.45, 7) is 6.26. The zero-order chi connectivity index (χ0) is 14.7. The van der Waals surface area contributed by atoms with E-state index in [9.17, 15) is 9.90 Å². The highest BCUT2D eigenvalue weighted by molar-refractivity contribution is 9.10. The van der Waals surface area contributed by atoms with Gasteiger partial charge < -0.3 is 10.0 Å². The van der Waals surface area contributed by atoms with Crippen LogP contribution >= 0.6 is 15.9 Å². The number of halogens is 1. The molecule has 0 bridgehead atoms. The second-order valence-electron chi connectivity index (χ2n) is 6.56. The molecule has 20 heavy (non-hydrogen) atoms. The van der Waals surface area contributed by atoms with Gasteiger partial charge in [0.15, 0.2) is 0 Å². The number of amides is 1. The van der Waals surface area contributed by atoms with E-state index in [1.165, 1.54) is 12.8 Å². The van der Waals surface area contributed by atoms with Crippen LogP contribution in [0.3, 0.4) is 0 Å². The standard InChI is InChI=1S/C16H20BrNO2/c1-9(10-4-5-10)18-8-11-6-12(17)7-13(16(2,3)20)14(11)15(18)19/h6-7,9-10,20H,4-5,8H2,1-3H3/t9-/m0/s1. The topological polar surface area (TPSA) is 40.5 Å². The molecule has 1 N–H and O–H groups in total. The first-order valence-corrected chi connectivity index (χ1v) is 7.94. The predicted octanol–water partition coefficient (Wildman–Crippen LogP) is 3.43. The normalized spacial score (nSPS) is 20.2. The van der Waals surface area contributed by atoms with Crippen LogP contribution in [0.2, 0.25) is 0 Å². The Bertz CT molecular complexity index is 573. The summed E-state index contributed by atoms with van der Waals surface area (Å²) in [4.78, 5) is 14.7. The monoisotopic (exact) mass is 337 g/mol. The number of rotatable bonds is 3. The summed E-state index contributed by atoms with van der Waals surface area (Å²) in [5.41, 5.74) is 1.43. The smallest absolute Gasteiger partial charge is 0.255 e. The summed E-state index contributed by atoms with van der Waals surface area (Å²) >= 11 is 3.49. The van der Waals surface area contributed by atoms with E-state index >= 15 is 0 Å². The third-order valence-corrected chi connectivity index (χ3v) is 4.91. The van der Waals surface area contributed by atoms with Gasteiger partial charge in [0.1, 0.15) is 0 Å². The van der Waals surface area contributed by atoms with Crippen molar-refractivity contribution in [3.05, 3.63) is 33.3 Å². The molecule has 1 heterocycles. The summed E-state index contributed by atoms with van der Waals surface area (Å²) in [6.07, 6.45) is 2.45. The fourth-order valence-corrected chi connectivity index (χ4v) is 3.59. The number of fused-ring (bicyclic) bond motifs is 1. The second kappa shape index (κ2) is 4.57. The molecule has 1 aromatic carbocycles. The molecule has 1 amide bonds. The molecular formula is C16H20BrNO2. The van der Waals surface area contributed by atoms with Crippen molar-refractivity contribution in [1.82, 2.24) is 4.90 Å². The van der Waals surface area contributed by atoms with Gasteiger partial charge in [0.2, 0.25) is 0 Å². The van der Waals surface area contributed by atoms with Crippen molar-refractivity contribution in [2.75, 3.05) is 0 Å². The molecule has 0 saturated heterocycles. The van der Waals surface area contributed by atoms with Gasteiger partial charge in [0, 0.05) is 17.1 Å². The molecule has 3 nitrogen and oxygen atoms in total. The molecule has 1 saturated carbocycles. The van der Waals surface area contributed by atoms with E-state index in [-0.39, 0.29) is 5.91 Å². The van der Waals surface area contributed by atoms with Gasteiger partial charge in [0.05, 0.1) is 11.2 Å². The van der Waals surface area contributed by atoms with Crippen molar-refractivity contribution in [3.63, 3.8) is 0 Å². The van der Waals surface area contributed by atoms with Crippen LogP contribution in [0.5, 0.6) is 0 Å². The summed E-state index contributed by atoms with van der Waals surface area (Å²) in [7, 11) is 0. The number of carbonyl (C=O) groups is 1. The first-order chi connectivity index (χ1) is 9.29. The van der Waals surface area contributed by atoms with Gasteiger partial charge in [0.25, 0.3) is 5.91 Å². The van der Waals surface area contributed by atoms with Crippen LogP contribution in [0.25, 0.3) is 0 Å². The number of hydrogen-bond acceptors (Lipinski definition) is 2. The third kappa shape index (κ3) is 2.29. The lowest BCUT2D eigenvalue weighted by molar-refractivity contribution is 0.0648. The van der Waals surface area contributed by atoms with E-state index in [2.05, 4.69) is 22.9 Å². The molecule has 3 rings (SSSR count). The minimum atomic E-state index is -1.01. The Kier molecular flexibility index (Phi) is 3.22. The lowest BCUT2D eigenvalue weighted by Crippen LogP contribution is -2.35. The zero-order valence-electron chi connectivity index (χ0n) is 12.1. The molecule has 108 valence electrons. The first-order valence-electron chi connectivity index (χ1n) is 7.15. The molecule has 1 fully saturated rings. The van der Waals surface area contributed by atoms with Crippen molar-refractivity contribution in [1.29, 1.82) is 0 Å². The third-order valence-electron chi connectivity index (χ3n) is 4.46. The highest BCUT2D eigenvalue weighted by Crippen LogP contribution is 2.41. The zero-order valence-corrected chi connectivity index (χ0v) is 13.7. The van der Waals surface area contributed by atoms with E-state index in [0.29, 0.717) is 24.1 Å². The number of nitrogens with zero attached hydrogens (tertiary/aromatic N) is 1. The summed E-state index contributed by atoms with van der Waals surface area (Å²) in [5, 5.41) is 10.4. The Hall–Kier alpha value is -0.870. The molecule has 2 aliphatic rings. The molecule has 1 aliphatic heterocycles. The van der Waals surface area contributed by atoms with Crippen LogP contribution < -0.4 is 0 Å². The average Bonchev–Trinajstić information content (AvgIpc) is 3.12. The van der Waals surface area contributed by atoms with Crippen molar-refractivity contribution in [2.24, 2.45) is 5.92 Å². The summed E-state index contributed by atoms with van der Waals surface area (Å²) in [5.74, 6) is 0.728. The fraction of sp³-hybridized carbons (Fsp3) is 0.562. The van der Waals surface area contributed by atoms with Gasteiger partial charge in [-0.05, 0) is 62.8 Å². The fourth-order valence-electron chi connectivity index (χ4n) is 3.08. The second-order valence-corrected chi connectivity index (χ2v) is 7.47. The van der Waals surface area contributed by atoms with Gasteiger partial charge in [-0.25, -0.2) is 0 Å². The Morgan fingerprint density at radius 1 is 1.40 bits per heavy atom. The SMILES string of the molecule is C[C@@H](C1CC1)N1Cc2cc(Br)cc(C(C)(C)O)c2C1=O. The predicted molar refractivity (Wildman–Crippen MR) is 81.4 cm³/mol. The Balaban J connectivity index is 2.04. The minimum absolute atomic E-state index is 0.0732. The van der Waals surface area contributed by atoms with Crippen LogP contribution in [-0.4, -0.2) is 22.0 Å². The van der Waals surface area contributed by atoms with Crippen molar-refractivity contribution in [2.45, 2.75) is 51.8 Å². The van der Waals surface area contributed by atoms with Gasteiger partial charge in [-0.3, -0.25) is 4.79 Å². The van der Waals surface area contributed by atoms with E-state index in [1.54, 1.807) is 13.8 Å². The maximum Gasteiger partial charge on any atom is 0.255 e. The Labute approximate surface area is 128 Å². The van der Waals surface area contributed by atoms with E-state index < -0.39 is 5.60 Å². The minimum Gasteiger partial charge on any atom is -0.386 e. The largest absolute Gasteiger partial charge is 0.386 e. The van der Waals surface area contributed by atoms with Crippen molar-refractivity contribution >= 4 is 21.8 Å². The lowest BCUT2D eigenvalue weighted by Gasteiger charge is -2.25. The molecule has 0 radical (unpaired) electrons. The van der Waals surface area contributed by atoms with Crippen LogP contribution in [0.1, 0.15) is 55.1 Å². The summed E-state index contributed by atoms with van der Waals surface area (Å²) < 4.78 is 0.919. The molecule has 0 unspecified atom stereocenters. The van der Waals surface area contributed by atoms with Gasteiger partial charge in [-0.1, -0.05) is 15.9 Å². The van der Waals surface area contributed by atoms with E-state index in [4.69, 9.17) is 0 Å². The Morgan fingerprint density at radius 2 is 2.05 bits per heavy atom. The first kappa shape index (κ1) is 14.1. The van der Waals surface area contributed by atoms with Crippen LogP contribution in [0.15, 0.2) is 16.6 Å². The number of carbonyl (C=O) groups excluding carboxylic acids is 1. The maximum absolute atomic E-state index is 12.7. The molecular weight excluding hydrogens is 318 g/mol. The maximum atomic E-state index is 12.7. The van der Waals surface area contributed by atoms with Crippen molar-refractivity contribution < 1.29 is 9.90 Å². The molecule has 4 heteroatoms. The van der Waals surface area contributed by atoms with Gasteiger partial charge in [-0.15, -0.1) is 0 Å². The lowest BCUT2D eigenvalue weighted by atomic mass is 9.91. The highest BCUT2D eigenvalue weighted by atomic mass is 79.9. The highest BCUT2D eigenvalue weighted by Gasteiger charge is 2.41. The molecule has 0 spiro atoms. The number of hydrogen-bond donors (Lipinski definition) is 1. The Morgan fingerprint density at radius 3 is 2.60 bits per heavy atom. The average molecular weight is 338 g/mol. The van der Waals surface area contributed by atoms with Crippen LogP contribution in [0.4, 0.5) is 0 Å². The molecule has 0 aromatic heterocycles. The van der Waals surface area contributed by atoms with Crippen LogP contribution in [-0.2, 0) is 12.1 Å². The number of aliphatic hydroxyl groups is 1. The summed E-state index contributed by atoms with van der Waals surface area (Å²) in [6, 6.07) is 4.16. The molecule has 1 aromatic rings. The van der Waals surface area contributed by atoms with Crippen LogP contribution in [0, 0.1) is 5.92 Å². The quantitative estimate of drug-likeness (QED) is 0.917. The number of benzene rings is 1. The van der Waals surface area contributed by atoms with E-state index in [1.807, 2.05) is 17.0 Å². The van der Waals surface area contributed by atoms with E-state index in [0.717, 1.165) is 15.6 Å². The van der Waals surface area contributed by atoms with Gasteiger partial charge in [-0.2, -0.15) is 0 Å². The molecule has 1 atom stereocenters. The van der Waals surface area contributed by atoms with Crippen molar-refractivity contribution in [3.8, 4) is 0 Å². The molecule has 1 aliphatic carbocycles. The van der Waals surface area contributed by atoms with Gasteiger partial charge >= 0.3 is 0 Å².